The topological polar surface area (TPSA) is 0 Å². The molecule has 0 aliphatic heterocycles. The number of benzene rings is 7. The van der Waals surface area contributed by atoms with Crippen LogP contribution in [0.25, 0.3) is 65.3 Å². The van der Waals surface area contributed by atoms with E-state index in [0.29, 0.717) is 0 Å². The normalized spacial score (nSPS) is 11.5. The molecule has 0 aliphatic rings. The summed E-state index contributed by atoms with van der Waals surface area (Å²) in [5, 5.41) is 10.3. The maximum Gasteiger partial charge on any atom is -0.00259 e. The highest BCUT2D eigenvalue weighted by Crippen LogP contribution is 2.42. The molecule has 0 fully saturated rings. The van der Waals surface area contributed by atoms with Crippen molar-refractivity contribution in [2.24, 2.45) is 0 Å². The molecular formula is C34H22. The summed E-state index contributed by atoms with van der Waals surface area (Å²) < 4.78 is 0. The molecule has 0 saturated carbocycles. The fraction of sp³-hybridized carbons (Fsp3) is 0. The molecule has 0 aliphatic carbocycles. The van der Waals surface area contributed by atoms with Gasteiger partial charge in [0.1, 0.15) is 0 Å². The van der Waals surface area contributed by atoms with Gasteiger partial charge < -0.3 is 0 Å². The van der Waals surface area contributed by atoms with Gasteiger partial charge in [0.05, 0.1) is 0 Å². The summed E-state index contributed by atoms with van der Waals surface area (Å²) in [6.07, 6.45) is 0. The van der Waals surface area contributed by atoms with Gasteiger partial charge in [0.25, 0.3) is 0 Å². The molecule has 0 bridgehead atoms. The molecule has 0 unspecified atom stereocenters. The summed E-state index contributed by atoms with van der Waals surface area (Å²) in [4.78, 5) is 0. The van der Waals surface area contributed by atoms with E-state index in [1.54, 1.807) is 0 Å². The molecule has 0 spiro atoms. The third-order valence-corrected chi connectivity index (χ3v) is 7.01. The quantitative estimate of drug-likeness (QED) is 0.239. The monoisotopic (exact) mass is 430 g/mol. The van der Waals surface area contributed by atoms with E-state index < -0.39 is 0 Å². The summed E-state index contributed by atoms with van der Waals surface area (Å²) in [7, 11) is 0. The van der Waals surface area contributed by atoms with Crippen molar-refractivity contribution in [2.75, 3.05) is 0 Å². The first kappa shape index (κ1) is 19.1. The Hall–Kier alpha value is -4.42. The molecule has 0 N–H and O–H groups in total. The molecular weight excluding hydrogens is 408 g/mol. The Bertz CT molecular complexity index is 1840. The summed E-state index contributed by atoms with van der Waals surface area (Å²) in [5.41, 5.74) is 5.07. The number of hydrogen-bond acceptors (Lipinski definition) is 0. The molecule has 0 heteroatoms. The van der Waals surface area contributed by atoms with Gasteiger partial charge in [-0.05, 0) is 83.5 Å². The van der Waals surface area contributed by atoms with Crippen LogP contribution in [0.1, 0.15) is 0 Å². The van der Waals surface area contributed by atoms with Crippen molar-refractivity contribution in [1.82, 2.24) is 0 Å². The lowest BCUT2D eigenvalue weighted by molar-refractivity contribution is 1.66. The maximum absolute atomic E-state index is 2.39. The minimum atomic E-state index is 1.25. The van der Waals surface area contributed by atoms with Crippen LogP contribution in [0.2, 0.25) is 0 Å². The van der Waals surface area contributed by atoms with E-state index in [2.05, 4.69) is 133 Å². The van der Waals surface area contributed by atoms with Gasteiger partial charge in [-0.1, -0.05) is 115 Å². The van der Waals surface area contributed by atoms with Crippen molar-refractivity contribution >= 4 is 43.1 Å². The standard InChI is InChI=1S/C34H22/c1-2-11-24(12-3-1)32-21-27-22-33(26-19-18-23-10-4-5-13-25(23)20-26)29-15-7-9-17-31(29)34(27)30-16-8-6-14-28(30)32/h1-22H. The number of rotatable bonds is 2. The van der Waals surface area contributed by atoms with Gasteiger partial charge >= 0.3 is 0 Å². The third-order valence-electron chi connectivity index (χ3n) is 7.01. The fourth-order valence-corrected chi connectivity index (χ4v) is 5.43. The lowest BCUT2D eigenvalue weighted by atomic mass is 9.87. The zero-order valence-corrected chi connectivity index (χ0v) is 18.7. The van der Waals surface area contributed by atoms with E-state index in [1.165, 1.54) is 65.3 Å². The first-order valence-electron chi connectivity index (χ1n) is 11.8. The van der Waals surface area contributed by atoms with Crippen LogP contribution in [0.3, 0.4) is 0 Å². The molecule has 0 atom stereocenters. The molecule has 0 nitrogen and oxygen atoms in total. The summed E-state index contributed by atoms with van der Waals surface area (Å²) in [6, 6.07) is 48.6. The average molecular weight is 431 g/mol. The van der Waals surface area contributed by atoms with E-state index in [0.717, 1.165) is 0 Å². The van der Waals surface area contributed by atoms with Crippen LogP contribution in [0.5, 0.6) is 0 Å². The largest absolute Gasteiger partial charge is 0.0622 e. The predicted octanol–water partition coefficient (Wildman–Crippen LogP) is 9.63. The van der Waals surface area contributed by atoms with Gasteiger partial charge in [0.2, 0.25) is 0 Å². The molecule has 7 aromatic carbocycles. The zero-order chi connectivity index (χ0) is 22.5. The first-order valence-corrected chi connectivity index (χ1v) is 11.8. The Balaban J connectivity index is 1.63. The lowest BCUT2D eigenvalue weighted by Gasteiger charge is -2.16. The molecule has 7 rings (SSSR count). The lowest BCUT2D eigenvalue weighted by Crippen LogP contribution is -1.89. The molecule has 0 aromatic heterocycles. The van der Waals surface area contributed by atoms with Gasteiger partial charge in [-0.3, -0.25) is 0 Å². The van der Waals surface area contributed by atoms with E-state index in [-0.39, 0.29) is 0 Å². The van der Waals surface area contributed by atoms with Gasteiger partial charge in [-0.25, -0.2) is 0 Å². The van der Waals surface area contributed by atoms with Gasteiger partial charge in [0, 0.05) is 0 Å². The molecule has 0 heterocycles. The summed E-state index contributed by atoms with van der Waals surface area (Å²) in [5.74, 6) is 0. The fourth-order valence-electron chi connectivity index (χ4n) is 5.43. The highest BCUT2D eigenvalue weighted by Gasteiger charge is 2.14. The average Bonchev–Trinajstić information content (AvgIpc) is 2.92. The van der Waals surface area contributed by atoms with E-state index in [4.69, 9.17) is 0 Å². The highest BCUT2D eigenvalue weighted by atomic mass is 14.2. The minimum absolute atomic E-state index is 1.25. The summed E-state index contributed by atoms with van der Waals surface area (Å²) in [6.45, 7) is 0. The van der Waals surface area contributed by atoms with E-state index in [1.807, 2.05) is 0 Å². The maximum atomic E-state index is 2.39. The van der Waals surface area contributed by atoms with Crippen molar-refractivity contribution in [3.8, 4) is 22.3 Å². The van der Waals surface area contributed by atoms with Crippen LogP contribution < -0.4 is 0 Å². The van der Waals surface area contributed by atoms with E-state index >= 15 is 0 Å². The summed E-state index contributed by atoms with van der Waals surface area (Å²) >= 11 is 0. The first-order chi connectivity index (χ1) is 16.9. The van der Waals surface area contributed by atoms with Crippen LogP contribution >= 0.6 is 0 Å². The van der Waals surface area contributed by atoms with Crippen molar-refractivity contribution in [1.29, 1.82) is 0 Å². The van der Waals surface area contributed by atoms with Crippen LogP contribution in [0, 0.1) is 0 Å². The van der Waals surface area contributed by atoms with E-state index in [9.17, 15) is 0 Å². The molecule has 7 aromatic rings. The van der Waals surface area contributed by atoms with Crippen molar-refractivity contribution < 1.29 is 0 Å². The van der Waals surface area contributed by atoms with Crippen molar-refractivity contribution in [3.63, 3.8) is 0 Å². The van der Waals surface area contributed by atoms with Gasteiger partial charge in [-0.15, -0.1) is 0 Å². The van der Waals surface area contributed by atoms with Gasteiger partial charge in [-0.2, -0.15) is 0 Å². The Kier molecular flexibility index (Phi) is 4.25. The Morgan fingerprint density at radius 1 is 0.294 bits per heavy atom. The Morgan fingerprint density at radius 3 is 1.50 bits per heavy atom. The van der Waals surface area contributed by atoms with Crippen molar-refractivity contribution in [3.05, 3.63) is 133 Å². The molecule has 0 radical (unpaired) electrons. The van der Waals surface area contributed by atoms with Gasteiger partial charge in [0.15, 0.2) is 0 Å². The van der Waals surface area contributed by atoms with Crippen LogP contribution in [0.4, 0.5) is 0 Å². The highest BCUT2D eigenvalue weighted by molar-refractivity contribution is 6.25. The second kappa shape index (κ2) is 7.57. The number of fused-ring (bicyclic) bond motifs is 6. The molecule has 34 heavy (non-hydrogen) atoms. The van der Waals surface area contributed by atoms with Crippen LogP contribution in [-0.4, -0.2) is 0 Å². The molecule has 158 valence electrons. The second-order valence-corrected chi connectivity index (χ2v) is 8.97. The van der Waals surface area contributed by atoms with Crippen LogP contribution in [0.15, 0.2) is 133 Å². The third kappa shape index (κ3) is 2.93. The Morgan fingerprint density at radius 2 is 0.824 bits per heavy atom. The van der Waals surface area contributed by atoms with Crippen LogP contribution in [-0.2, 0) is 0 Å². The molecule has 0 amide bonds. The SMILES string of the molecule is c1ccc(-c2cc3cc(-c4ccc5ccccc5c4)c4ccccc4c3c3ccccc23)cc1. The number of hydrogen-bond donors (Lipinski definition) is 0. The Labute approximate surface area is 198 Å². The predicted molar refractivity (Wildman–Crippen MR) is 147 cm³/mol. The minimum Gasteiger partial charge on any atom is -0.0622 e. The smallest absolute Gasteiger partial charge is 0.00259 e. The zero-order valence-electron chi connectivity index (χ0n) is 18.7. The van der Waals surface area contributed by atoms with Crippen molar-refractivity contribution in [2.45, 2.75) is 0 Å². The molecule has 0 saturated heterocycles. The second-order valence-electron chi connectivity index (χ2n) is 8.97.